The molecular weight excluding hydrogens is 262 g/mol. The Morgan fingerprint density at radius 1 is 1.16 bits per heavy atom. The second-order valence-corrected chi connectivity index (χ2v) is 4.97. The Kier molecular flexibility index (Phi) is 3.86. The highest BCUT2D eigenvalue weighted by Crippen LogP contribution is 2.11. The molecule has 1 aromatic heterocycles. The van der Waals surface area contributed by atoms with Crippen molar-refractivity contribution in [2.45, 2.75) is 20.4 Å². The van der Waals surface area contributed by atoms with Crippen molar-refractivity contribution >= 4 is 17.4 Å². The van der Waals surface area contributed by atoms with E-state index < -0.39 is 0 Å². The van der Waals surface area contributed by atoms with Gasteiger partial charge in [0.2, 0.25) is 0 Å². The zero-order chi connectivity index (χ0) is 14.0. The van der Waals surface area contributed by atoms with Crippen molar-refractivity contribution in [2.24, 2.45) is 0 Å². The minimum absolute atomic E-state index is 0.00188. The molecule has 2 rings (SSSR count). The Morgan fingerprint density at radius 3 is 2.58 bits per heavy atom. The first-order valence-electron chi connectivity index (χ1n) is 5.94. The first kappa shape index (κ1) is 13.6. The van der Waals surface area contributed by atoms with E-state index in [2.05, 4.69) is 0 Å². The highest BCUT2D eigenvalue weighted by molar-refractivity contribution is 6.30. The maximum atomic E-state index is 12.1. The third-order valence-corrected chi connectivity index (χ3v) is 3.31. The molecule has 4 heteroatoms. The van der Waals surface area contributed by atoms with E-state index in [1.165, 1.54) is 22.9 Å². The van der Waals surface area contributed by atoms with Gasteiger partial charge in [-0.1, -0.05) is 23.7 Å². The van der Waals surface area contributed by atoms with Gasteiger partial charge in [-0.2, -0.15) is 0 Å². The molecule has 0 radical (unpaired) electrons. The van der Waals surface area contributed by atoms with Gasteiger partial charge in [-0.05, 0) is 37.1 Å². The summed E-state index contributed by atoms with van der Waals surface area (Å²) in [5, 5.41) is 0.437. The predicted molar refractivity (Wildman–Crippen MR) is 76.0 cm³/mol. The van der Waals surface area contributed by atoms with E-state index in [0.29, 0.717) is 10.6 Å². The second kappa shape index (κ2) is 5.41. The number of halogens is 1. The largest absolute Gasteiger partial charge is 0.306 e. The fourth-order valence-corrected chi connectivity index (χ4v) is 1.97. The van der Waals surface area contributed by atoms with Gasteiger partial charge in [-0.15, -0.1) is 0 Å². The highest BCUT2D eigenvalue weighted by Gasteiger charge is 2.09. The summed E-state index contributed by atoms with van der Waals surface area (Å²) < 4.78 is 1.32. The fraction of sp³-hybridized carbons (Fsp3) is 0.200. The van der Waals surface area contributed by atoms with Crippen molar-refractivity contribution in [1.82, 2.24) is 4.57 Å². The number of aromatic nitrogens is 1. The van der Waals surface area contributed by atoms with E-state index in [0.717, 1.165) is 11.1 Å². The number of rotatable bonds is 3. The molecule has 0 aliphatic rings. The van der Waals surface area contributed by atoms with E-state index in [9.17, 15) is 9.59 Å². The topological polar surface area (TPSA) is 39.1 Å². The zero-order valence-electron chi connectivity index (χ0n) is 10.8. The zero-order valence-corrected chi connectivity index (χ0v) is 11.6. The number of nitrogens with zero attached hydrogens (tertiary/aromatic N) is 1. The van der Waals surface area contributed by atoms with Gasteiger partial charge in [-0.3, -0.25) is 9.59 Å². The Balaban J connectivity index is 2.28. The molecule has 0 spiro atoms. The molecule has 2 aromatic rings. The lowest BCUT2D eigenvalue weighted by atomic mass is 10.0. The normalized spacial score (nSPS) is 10.5. The van der Waals surface area contributed by atoms with E-state index in [4.69, 9.17) is 11.6 Å². The number of aryl methyl sites for hydroxylation is 2. The van der Waals surface area contributed by atoms with E-state index in [-0.39, 0.29) is 17.9 Å². The quantitative estimate of drug-likeness (QED) is 0.808. The minimum atomic E-state index is -0.235. The van der Waals surface area contributed by atoms with Gasteiger partial charge in [0.1, 0.15) is 0 Å². The molecular formula is C15H14ClNO2. The van der Waals surface area contributed by atoms with Crippen LogP contribution in [0.25, 0.3) is 0 Å². The molecule has 0 N–H and O–H groups in total. The molecule has 0 atom stereocenters. The molecule has 1 heterocycles. The molecule has 0 aliphatic carbocycles. The van der Waals surface area contributed by atoms with Gasteiger partial charge in [-0.25, -0.2) is 0 Å². The van der Waals surface area contributed by atoms with Crippen LogP contribution in [0.3, 0.4) is 0 Å². The highest BCUT2D eigenvalue weighted by atomic mass is 35.5. The summed E-state index contributed by atoms with van der Waals surface area (Å²) in [4.78, 5) is 23.7. The predicted octanol–water partition coefficient (Wildman–Crippen LogP) is 3.00. The Morgan fingerprint density at radius 2 is 1.89 bits per heavy atom. The molecule has 19 heavy (non-hydrogen) atoms. The van der Waals surface area contributed by atoms with Crippen molar-refractivity contribution < 1.29 is 4.79 Å². The number of benzene rings is 1. The van der Waals surface area contributed by atoms with Crippen LogP contribution in [0.2, 0.25) is 5.02 Å². The average molecular weight is 276 g/mol. The van der Waals surface area contributed by atoms with Crippen molar-refractivity contribution in [3.8, 4) is 0 Å². The molecule has 0 unspecified atom stereocenters. The smallest absolute Gasteiger partial charge is 0.251 e. The first-order chi connectivity index (χ1) is 8.97. The standard InChI is InChI=1S/C15H14ClNO2/c1-10-3-4-12(7-11(10)2)14(18)9-17-8-13(16)5-6-15(17)19/h3-8H,9H2,1-2H3. The molecule has 0 saturated heterocycles. The van der Waals surface area contributed by atoms with Crippen LogP contribution in [0.5, 0.6) is 0 Å². The summed E-state index contributed by atoms with van der Waals surface area (Å²) in [6.07, 6.45) is 1.48. The summed E-state index contributed by atoms with van der Waals surface area (Å²) in [6.45, 7) is 3.95. The van der Waals surface area contributed by atoms with Crippen LogP contribution in [0.15, 0.2) is 41.3 Å². The number of ketones is 1. The average Bonchev–Trinajstić information content (AvgIpc) is 2.37. The van der Waals surface area contributed by atoms with Gasteiger partial charge >= 0.3 is 0 Å². The van der Waals surface area contributed by atoms with Gasteiger partial charge in [0.05, 0.1) is 11.6 Å². The van der Waals surface area contributed by atoms with Gasteiger partial charge in [0.25, 0.3) is 5.56 Å². The van der Waals surface area contributed by atoms with Crippen LogP contribution in [0.1, 0.15) is 21.5 Å². The number of pyridine rings is 1. The van der Waals surface area contributed by atoms with Gasteiger partial charge in [0.15, 0.2) is 5.78 Å². The van der Waals surface area contributed by atoms with Crippen LogP contribution in [-0.2, 0) is 6.54 Å². The maximum absolute atomic E-state index is 12.1. The molecule has 0 amide bonds. The van der Waals surface area contributed by atoms with E-state index in [1.807, 2.05) is 26.0 Å². The third-order valence-electron chi connectivity index (χ3n) is 3.09. The number of hydrogen-bond donors (Lipinski definition) is 0. The van der Waals surface area contributed by atoms with Crippen LogP contribution in [0, 0.1) is 13.8 Å². The minimum Gasteiger partial charge on any atom is -0.306 e. The molecule has 0 saturated carbocycles. The van der Waals surface area contributed by atoms with Crippen molar-refractivity contribution in [1.29, 1.82) is 0 Å². The summed E-state index contributed by atoms with van der Waals surface area (Å²) in [7, 11) is 0. The maximum Gasteiger partial charge on any atom is 0.251 e. The van der Waals surface area contributed by atoms with Crippen LogP contribution >= 0.6 is 11.6 Å². The number of carbonyl (C=O) groups excluding carboxylic acids is 1. The lowest BCUT2D eigenvalue weighted by Gasteiger charge is -2.07. The molecule has 0 fully saturated rings. The Labute approximate surface area is 116 Å². The van der Waals surface area contributed by atoms with Gasteiger partial charge in [0, 0.05) is 17.8 Å². The lowest BCUT2D eigenvalue weighted by molar-refractivity contribution is 0.0971. The first-order valence-corrected chi connectivity index (χ1v) is 6.31. The summed E-state index contributed by atoms with van der Waals surface area (Å²) >= 11 is 5.82. The fourth-order valence-electron chi connectivity index (χ4n) is 1.79. The Hall–Kier alpha value is -1.87. The van der Waals surface area contributed by atoms with Crippen LogP contribution in [-0.4, -0.2) is 10.4 Å². The molecule has 1 aromatic carbocycles. The molecule has 98 valence electrons. The van der Waals surface area contributed by atoms with Crippen LogP contribution in [0.4, 0.5) is 0 Å². The van der Waals surface area contributed by atoms with E-state index >= 15 is 0 Å². The summed E-state index contributed by atoms with van der Waals surface area (Å²) in [6, 6.07) is 8.40. The number of carbonyl (C=O) groups is 1. The molecule has 3 nitrogen and oxygen atoms in total. The van der Waals surface area contributed by atoms with Crippen LogP contribution < -0.4 is 5.56 Å². The van der Waals surface area contributed by atoms with Crippen molar-refractivity contribution in [2.75, 3.05) is 0 Å². The second-order valence-electron chi connectivity index (χ2n) is 4.54. The molecule has 0 aliphatic heterocycles. The monoisotopic (exact) mass is 275 g/mol. The van der Waals surface area contributed by atoms with Gasteiger partial charge < -0.3 is 4.57 Å². The van der Waals surface area contributed by atoms with Crippen molar-refractivity contribution in [3.05, 3.63) is 68.6 Å². The van der Waals surface area contributed by atoms with Crippen molar-refractivity contribution in [3.63, 3.8) is 0 Å². The summed E-state index contributed by atoms with van der Waals surface area (Å²) in [5.41, 5.74) is 2.57. The lowest BCUT2D eigenvalue weighted by Crippen LogP contribution is -2.23. The summed E-state index contributed by atoms with van der Waals surface area (Å²) in [5.74, 6) is -0.104. The Bertz CT molecular complexity index is 689. The molecule has 0 bridgehead atoms. The van der Waals surface area contributed by atoms with E-state index in [1.54, 1.807) is 6.07 Å². The third kappa shape index (κ3) is 3.12. The number of hydrogen-bond acceptors (Lipinski definition) is 2. The SMILES string of the molecule is Cc1ccc(C(=O)Cn2cc(Cl)ccc2=O)cc1C. The number of Topliss-reactive ketones (excluding diaryl/α,β-unsaturated/α-hetero) is 1.